The Labute approximate surface area is 163 Å². The lowest BCUT2D eigenvalue weighted by molar-refractivity contribution is 0.186. The van der Waals surface area contributed by atoms with Gasteiger partial charge in [-0.3, -0.25) is 4.99 Å². The maximum Gasteiger partial charge on any atom is 0.194 e. The fourth-order valence-corrected chi connectivity index (χ4v) is 4.03. The van der Waals surface area contributed by atoms with Crippen LogP contribution in [0.2, 0.25) is 0 Å². The van der Waals surface area contributed by atoms with Gasteiger partial charge in [-0.15, -0.1) is 0 Å². The van der Waals surface area contributed by atoms with Gasteiger partial charge in [0.1, 0.15) is 5.75 Å². The third kappa shape index (κ3) is 5.59. The van der Waals surface area contributed by atoms with E-state index in [0.717, 1.165) is 42.8 Å². The van der Waals surface area contributed by atoms with Crippen molar-refractivity contribution < 1.29 is 9.84 Å². The Hall–Kier alpha value is -1.79. The van der Waals surface area contributed by atoms with Gasteiger partial charge in [0.2, 0.25) is 0 Å². The van der Waals surface area contributed by atoms with Gasteiger partial charge < -0.3 is 25.0 Å². The second-order valence-corrected chi connectivity index (χ2v) is 7.59. The van der Waals surface area contributed by atoms with Crippen molar-refractivity contribution in [3.8, 4) is 5.75 Å². The lowest BCUT2D eigenvalue weighted by atomic mass is 10.1. The summed E-state index contributed by atoms with van der Waals surface area (Å²) in [6, 6.07) is 7.54. The van der Waals surface area contributed by atoms with Crippen LogP contribution in [0.4, 0.5) is 0 Å². The predicted octanol–water partition coefficient (Wildman–Crippen LogP) is 2.11. The lowest BCUT2D eigenvalue weighted by Gasteiger charge is -2.23. The molecule has 150 valence electrons. The normalized spacial score (nSPS) is 22.3. The van der Waals surface area contributed by atoms with Crippen molar-refractivity contribution in [1.29, 1.82) is 0 Å². The Morgan fingerprint density at radius 2 is 2.00 bits per heavy atom. The summed E-state index contributed by atoms with van der Waals surface area (Å²) in [5, 5.41) is 13.9. The second-order valence-electron chi connectivity index (χ2n) is 7.59. The molecule has 0 aromatic heterocycles. The first kappa shape index (κ1) is 20.0. The summed E-state index contributed by atoms with van der Waals surface area (Å²) in [4.78, 5) is 9.67. The number of nitrogens with zero attached hydrogens (tertiary/aromatic N) is 3. The molecule has 2 heterocycles. The van der Waals surface area contributed by atoms with E-state index in [1.165, 1.54) is 38.9 Å². The van der Waals surface area contributed by atoms with Gasteiger partial charge in [-0.25, -0.2) is 0 Å². The quantitative estimate of drug-likeness (QED) is 0.565. The van der Waals surface area contributed by atoms with Crippen LogP contribution in [-0.4, -0.2) is 73.8 Å². The maximum atomic E-state index is 10.5. The number of methoxy groups -OCH3 is 1. The van der Waals surface area contributed by atoms with Gasteiger partial charge in [0, 0.05) is 26.2 Å². The number of ether oxygens (including phenoxy) is 1. The molecule has 0 bridgehead atoms. The van der Waals surface area contributed by atoms with Gasteiger partial charge in [-0.1, -0.05) is 12.1 Å². The average Bonchev–Trinajstić information content (AvgIpc) is 3.37. The van der Waals surface area contributed by atoms with E-state index in [-0.39, 0.29) is 0 Å². The van der Waals surface area contributed by atoms with Gasteiger partial charge >= 0.3 is 0 Å². The number of guanidine groups is 1. The van der Waals surface area contributed by atoms with E-state index in [2.05, 4.69) is 22.0 Å². The van der Waals surface area contributed by atoms with Crippen molar-refractivity contribution in [3.63, 3.8) is 0 Å². The minimum Gasteiger partial charge on any atom is -0.497 e. The van der Waals surface area contributed by atoms with Crippen molar-refractivity contribution in [2.75, 3.05) is 52.9 Å². The average molecular weight is 375 g/mol. The highest BCUT2D eigenvalue weighted by Gasteiger charge is 2.27. The minimum atomic E-state index is -0.604. The first-order valence-electron chi connectivity index (χ1n) is 10.3. The molecule has 6 nitrogen and oxygen atoms in total. The number of rotatable bonds is 7. The highest BCUT2D eigenvalue weighted by Crippen LogP contribution is 2.21. The molecule has 2 N–H and O–H groups in total. The van der Waals surface area contributed by atoms with E-state index in [9.17, 15) is 5.11 Å². The summed E-state index contributed by atoms with van der Waals surface area (Å²) in [6.45, 7) is 9.13. The predicted molar refractivity (Wildman–Crippen MR) is 109 cm³/mol. The van der Waals surface area contributed by atoms with Gasteiger partial charge in [0.25, 0.3) is 0 Å². The monoisotopic (exact) mass is 374 g/mol. The third-order valence-corrected chi connectivity index (χ3v) is 5.55. The van der Waals surface area contributed by atoms with Crippen LogP contribution < -0.4 is 10.1 Å². The molecule has 2 unspecified atom stereocenters. The van der Waals surface area contributed by atoms with Gasteiger partial charge in [0.05, 0.1) is 19.8 Å². The number of aliphatic imine (C=N–C) groups is 1. The Bertz CT molecular complexity index is 599. The summed E-state index contributed by atoms with van der Waals surface area (Å²) < 4.78 is 5.17. The van der Waals surface area contributed by atoms with Crippen molar-refractivity contribution in [2.45, 2.75) is 32.3 Å². The van der Waals surface area contributed by atoms with E-state index < -0.39 is 6.10 Å². The number of aliphatic hydroxyl groups excluding tert-OH is 1. The lowest BCUT2D eigenvalue weighted by Crippen LogP contribution is -2.41. The summed E-state index contributed by atoms with van der Waals surface area (Å²) in [6.07, 6.45) is 3.32. The molecular weight excluding hydrogens is 340 g/mol. The van der Waals surface area contributed by atoms with Crippen molar-refractivity contribution in [2.24, 2.45) is 10.9 Å². The van der Waals surface area contributed by atoms with Crippen LogP contribution in [0.15, 0.2) is 29.3 Å². The van der Waals surface area contributed by atoms with Gasteiger partial charge in [-0.2, -0.15) is 0 Å². The van der Waals surface area contributed by atoms with E-state index in [1.54, 1.807) is 7.11 Å². The molecule has 2 fully saturated rings. The smallest absolute Gasteiger partial charge is 0.194 e. The SMILES string of the molecule is CCNC(=NCC(O)c1ccc(OC)cc1)N1CCC(CN2CCCC2)C1. The molecule has 0 radical (unpaired) electrons. The van der Waals surface area contributed by atoms with Crippen LogP contribution in [0.3, 0.4) is 0 Å². The van der Waals surface area contributed by atoms with Crippen LogP contribution >= 0.6 is 0 Å². The molecule has 1 aromatic rings. The van der Waals surface area contributed by atoms with Crippen molar-refractivity contribution in [1.82, 2.24) is 15.1 Å². The molecule has 0 amide bonds. The molecule has 0 aliphatic carbocycles. The number of nitrogens with one attached hydrogen (secondary N) is 1. The van der Waals surface area contributed by atoms with Crippen LogP contribution in [0.25, 0.3) is 0 Å². The summed E-state index contributed by atoms with van der Waals surface area (Å²) in [5.74, 6) is 2.44. The Morgan fingerprint density at radius 3 is 2.67 bits per heavy atom. The van der Waals surface area contributed by atoms with E-state index in [1.807, 2.05) is 24.3 Å². The van der Waals surface area contributed by atoms with E-state index in [0.29, 0.717) is 6.54 Å². The molecule has 2 aliphatic rings. The Balaban J connectivity index is 1.55. The van der Waals surface area contributed by atoms with Crippen LogP contribution in [-0.2, 0) is 0 Å². The molecule has 2 aliphatic heterocycles. The number of hydrogen-bond donors (Lipinski definition) is 2. The maximum absolute atomic E-state index is 10.5. The fraction of sp³-hybridized carbons (Fsp3) is 0.667. The molecule has 3 rings (SSSR count). The Kier molecular flexibility index (Phi) is 7.35. The fourth-order valence-electron chi connectivity index (χ4n) is 4.03. The summed E-state index contributed by atoms with van der Waals surface area (Å²) in [7, 11) is 1.64. The molecule has 1 aromatic carbocycles. The minimum absolute atomic E-state index is 0.363. The highest BCUT2D eigenvalue weighted by atomic mass is 16.5. The van der Waals surface area contributed by atoms with Crippen molar-refractivity contribution >= 4 is 5.96 Å². The molecule has 6 heteroatoms. The Morgan fingerprint density at radius 1 is 1.26 bits per heavy atom. The summed E-state index contributed by atoms with van der Waals surface area (Å²) >= 11 is 0. The molecule has 2 atom stereocenters. The van der Waals surface area contributed by atoms with Crippen LogP contribution in [0.5, 0.6) is 5.75 Å². The van der Waals surface area contributed by atoms with E-state index in [4.69, 9.17) is 9.73 Å². The van der Waals surface area contributed by atoms with Gasteiger partial charge in [-0.05, 0) is 62.9 Å². The number of hydrogen-bond acceptors (Lipinski definition) is 4. The first-order valence-corrected chi connectivity index (χ1v) is 10.3. The summed E-state index contributed by atoms with van der Waals surface area (Å²) in [5.41, 5.74) is 0.865. The number of likely N-dealkylation sites (tertiary alicyclic amines) is 2. The zero-order chi connectivity index (χ0) is 19.1. The zero-order valence-corrected chi connectivity index (χ0v) is 16.7. The molecule has 27 heavy (non-hydrogen) atoms. The van der Waals surface area contributed by atoms with Gasteiger partial charge in [0.15, 0.2) is 5.96 Å². The highest BCUT2D eigenvalue weighted by molar-refractivity contribution is 5.80. The number of aliphatic hydroxyl groups is 1. The number of benzene rings is 1. The molecular formula is C21H34N4O2. The largest absolute Gasteiger partial charge is 0.497 e. The van der Waals surface area contributed by atoms with Crippen LogP contribution in [0.1, 0.15) is 37.9 Å². The van der Waals surface area contributed by atoms with Crippen molar-refractivity contribution in [3.05, 3.63) is 29.8 Å². The molecule has 0 saturated carbocycles. The standard InChI is InChI=1S/C21H34N4O2/c1-3-22-21(23-14-20(26)18-6-8-19(27-2)9-7-18)25-13-10-17(16-25)15-24-11-4-5-12-24/h6-9,17,20,26H,3-5,10-16H2,1-2H3,(H,22,23). The van der Waals surface area contributed by atoms with E-state index >= 15 is 0 Å². The van der Waals surface area contributed by atoms with Crippen LogP contribution in [0, 0.1) is 5.92 Å². The molecule has 2 saturated heterocycles. The topological polar surface area (TPSA) is 60.3 Å². The first-order chi connectivity index (χ1) is 13.2. The molecule has 0 spiro atoms. The second kappa shape index (κ2) is 9.95. The third-order valence-electron chi connectivity index (χ3n) is 5.55. The zero-order valence-electron chi connectivity index (χ0n) is 16.7.